The number of alkyl halides is 3. The molecule has 0 saturated heterocycles. The molecule has 1 aromatic rings. The molecule has 90 valence electrons. The number of nitrogens with zero attached hydrogens (tertiary/aromatic N) is 4. The molecule has 1 heterocycles. The van der Waals surface area contributed by atoms with E-state index in [1.165, 1.54) is 4.90 Å². The average Bonchev–Trinajstić information content (AvgIpc) is 2.61. The third kappa shape index (κ3) is 3.11. The topological polar surface area (TPSA) is 83.2 Å². The average molecular weight is 236 g/mol. The SMILES string of the molecule is CN(C)C(N)=NCc1nc(C(F)(F)F)n[nH]1. The van der Waals surface area contributed by atoms with Crippen molar-refractivity contribution in [2.24, 2.45) is 10.7 Å². The first kappa shape index (κ1) is 12.3. The van der Waals surface area contributed by atoms with Crippen LogP contribution in [0.4, 0.5) is 13.2 Å². The normalized spacial score (nSPS) is 12.9. The van der Waals surface area contributed by atoms with E-state index in [1.54, 1.807) is 14.1 Å². The predicted octanol–water partition coefficient (Wildman–Crippen LogP) is 0.200. The van der Waals surface area contributed by atoms with E-state index >= 15 is 0 Å². The highest BCUT2D eigenvalue weighted by Gasteiger charge is 2.35. The zero-order valence-electron chi connectivity index (χ0n) is 8.71. The first-order chi connectivity index (χ1) is 7.30. The van der Waals surface area contributed by atoms with Crippen LogP contribution in [-0.2, 0) is 12.7 Å². The van der Waals surface area contributed by atoms with E-state index in [9.17, 15) is 13.2 Å². The van der Waals surface area contributed by atoms with Crippen molar-refractivity contribution in [3.63, 3.8) is 0 Å². The molecule has 0 unspecified atom stereocenters. The van der Waals surface area contributed by atoms with Gasteiger partial charge in [-0.15, -0.1) is 5.10 Å². The van der Waals surface area contributed by atoms with Crippen LogP contribution in [-0.4, -0.2) is 40.1 Å². The largest absolute Gasteiger partial charge is 0.453 e. The van der Waals surface area contributed by atoms with E-state index in [1.807, 2.05) is 0 Å². The Hall–Kier alpha value is -1.80. The molecule has 9 heteroatoms. The van der Waals surface area contributed by atoms with Crippen molar-refractivity contribution in [1.29, 1.82) is 0 Å². The molecule has 0 aromatic carbocycles. The van der Waals surface area contributed by atoms with Gasteiger partial charge in [0.25, 0.3) is 5.82 Å². The van der Waals surface area contributed by atoms with Crippen LogP contribution >= 0.6 is 0 Å². The van der Waals surface area contributed by atoms with Crippen molar-refractivity contribution in [1.82, 2.24) is 20.1 Å². The first-order valence-electron chi connectivity index (χ1n) is 4.26. The fraction of sp³-hybridized carbons (Fsp3) is 0.571. The van der Waals surface area contributed by atoms with E-state index in [4.69, 9.17) is 5.73 Å². The Labute approximate surface area is 89.4 Å². The molecule has 0 aliphatic carbocycles. The number of aromatic amines is 1. The molecule has 1 rings (SSSR count). The Morgan fingerprint density at radius 1 is 1.50 bits per heavy atom. The fourth-order valence-electron chi connectivity index (χ4n) is 0.790. The predicted molar refractivity (Wildman–Crippen MR) is 50.4 cm³/mol. The van der Waals surface area contributed by atoms with Crippen LogP contribution in [0.15, 0.2) is 4.99 Å². The van der Waals surface area contributed by atoms with Crippen LogP contribution in [0.5, 0.6) is 0 Å². The lowest BCUT2D eigenvalue weighted by Crippen LogP contribution is -2.30. The maximum absolute atomic E-state index is 12.1. The minimum Gasteiger partial charge on any atom is -0.370 e. The minimum absolute atomic E-state index is 0.0112. The van der Waals surface area contributed by atoms with Crippen molar-refractivity contribution in [3.8, 4) is 0 Å². The number of nitrogens with one attached hydrogen (secondary N) is 1. The quantitative estimate of drug-likeness (QED) is 0.567. The van der Waals surface area contributed by atoms with Gasteiger partial charge in [-0.05, 0) is 0 Å². The summed E-state index contributed by atoms with van der Waals surface area (Å²) in [6.45, 7) is -0.0763. The van der Waals surface area contributed by atoms with Gasteiger partial charge in [0.15, 0.2) is 5.96 Å². The fourth-order valence-corrected chi connectivity index (χ4v) is 0.790. The molecule has 6 nitrogen and oxygen atoms in total. The number of guanidine groups is 1. The van der Waals surface area contributed by atoms with Crippen molar-refractivity contribution in [2.75, 3.05) is 14.1 Å². The van der Waals surface area contributed by atoms with E-state index in [0.29, 0.717) is 0 Å². The smallest absolute Gasteiger partial charge is 0.370 e. The summed E-state index contributed by atoms with van der Waals surface area (Å²) in [4.78, 5) is 8.58. The van der Waals surface area contributed by atoms with E-state index in [2.05, 4.69) is 20.2 Å². The van der Waals surface area contributed by atoms with Crippen LogP contribution in [0, 0.1) is 0 Å². The van der Waals surface area contributed by atoms with E-state index < -0.39 is 12.0 Å². The van der Waals surface area contributed by atoms with Crippen LogP contribution < -0.4 is 5.73 Å². The van der Waals surface area contributed by atoms with E-state index in [-0.39, 0.29) is 18.3 Å². The van der Waals surface area contributed by atoms with Gasteiger partial charge in [0, 0.05) is 14.1 Å². The van der Waals surface area contributed by atoms with Gasteiger partial charge in [-0.25, -0.2) is 9.98 Å². The van der Waals surface area contributed by atoms with Gasteiger partial charge in [0.1, 0.15) is 12.4 Å². The third-order valence-corrected chi connectivity index (χ3v) is 1.63. The summed E-state index contributed by atoms with van der Waals surface area (Å²) >= 11 is 0. The number of aromatic nitrogens is 3. The molecule has 3 N–H and O–H groups in total. The number of nitrogens with two attached hydrogens (primary N) is 1. The number of rotatable bonds is 2. The second kappa shape index (κ2) is 4.37. The Kier molecular flexibility index (Phi) is 3.35. The summed E-state index contributed by atoms with van der Waals surface area (Å²) in [5.41, 5.74) is 5.45. The van der Waals surface area contributed by atoms with Crippen LogP contribution in [0.1, 0.15) is 11.6 Å². The number of hydrogen-bond acceptors (Lipinski definition) is 3. The maximum atomic E-state index is 12.1. The van der Waals surface area contributed by atoms with Gasteiger partial charge in [-0.3, -0.25) is 5.10 Å². The van der Waals surface area contributed by atoms with Crippen LogP contribution in [0.2, 0.25) is 0 Å². The van der Waals surface area contributed by atoms with Gasteiger partial charge in [0.2, 0.25) is 0 Å². The van der Waals surface area contributed by atoms with Gasteiger partial charge in [0.05, 0.1) is 0 Å². The van der Waals surface area contributed by atoms with Crippen molar-refractivity contribution in [3.05, 3.63) is 11.6 Å². The molecule has 0 amide bonds. The molecule has 0 bridgehead atoms. The summed E-state index contributed by atoms with van der Waals surface area (Å²) in [6.07, 6.45) is -4.55. The monoisotopic (exact) mass is 236 g/mol. The summed E-state index contributed by atoms with van der Waals surface area (Å²) in [5, 5.41) is 5.17. The molecule has 0 fully saturated rings. The van der Waals surface area contributed by atoms with Gasteiger partial charge >= 0.3 is 6.18 Å². The third-order valence-electron chi connectivity index (χ3n) is 1.63. The first-order valence-corrected chi connectivity index (χ1v) is 4.26. The molecule has 0 aliphatic rings. The number of aliphatic imine (C=N–C) groups is 1. The molecular weight excluding hydrogens is 225 g/mol. The summed E-state index contributed by atoms with van der Waals surface area (Å²) in [7, 11) is 3.33. The van der Waals surface area contributed by atoms with Gasteiger partial charge < -0.3 is 10.6 Å². The summed E-state index contributed by atoms with van der Waals surface area (Å²) in [5.74, 6) is -0.997. The Bertz CT molecular complexity index is 380. The standard InChI is InChI=1S/C7H11F3N6/c1-16(2)6(11)12-3-4-13-5(15-14-4)7(8,9)10/h3H2,1-2H3,(H2,11,12)(H,13,14,15). The lowest BCUT2D eigenvalue weighted by atomic mass is 10.6. The Balaban J connectivity index is 2.70. The van der Waals surface area contributed by atoms with Crippen molar-refractivity contribution in [2.45, 2.75) is 12.7 Å². The summed E-state index contributed by atoms with van der Waals surface area (Å²) in [6, 6.07) is 0. The second-order valence-corrected chi connectivity index (χ2v) is 3.17. The van der Waals surface area contributed by atoms with Crippen molar-refractivity contribution >= 4 is 5.96 Å². The summed E-state index contributed by atoms with van der Waals surface area (Å²) < 4.78 is 36.3. The molecule has 0 saturated carbocycles. The minimum atomic E-state index is -4.55. The van der Waals surface area contributed by atoms with Gasteiger partial charge in [-0.1, -0.05) is 0 Å². The highest BCUT2D eigenvalue weighted by molar-refractivity contribution is 5.77. The molecule has 0 spiro atoms. The molecule has 0 radical (unpaired) electrons. The highest BCUT2D eigenvalue weighted by Crippen LogP contribution is 2.25. The van der Waals surface area contributed by atoms with Crippen LogP contribution in [0.3, 0.4) is 0 Å². The number of H-pyrrole nitrogens is 1. The number of hydrogen-bond donors (Lipinski definition) is 2. The van der Waals surface area contributed by atoms with E-state index in [0.717, 1.165) is 0 Å². The molecule has 1 aromatic heterocycles. The zero-order chi connectivity index (χ0) is 12.3. The molecule has 16 heavy (non-hydrogen) atoms. The Morgan fingerprint density at radius 2 is 2.12 bits per heavy atom. The Morgan fingerprint density at radius 3 is 2.56 bits per heavy atom. The lowest BCUT2D eigenvalue weighted by molar-refractivity contribution is -0.144. The van der Waals surface area contributed by atoms with Gasteiger partial charge in [-0.2, -0.15) is 13.2 Å². The lowest BCUT2D eigenvalue weighted by Gasteiger charge is -2.09. The molecule has 0 atom stereocenters. The molecule has 0 aliphatic heterocycles. The van der Waals surface area contributed by atoms with Crippen molar-refractivity contribution < 1.29 is 13.2 Å². The maximum Gasteiger partial charge on any atom is 0.453 e. The second-order valence-electron chi connectivity index (χ2n) is 3.17. The molecular formula is C7H11F3N6. The zero-order valence-corrected chi connectivity index (χ0v) is 8.71. The van der Waals surface area contributed by atoms with Crippen LogP contribution in [0.25, 0.3) is 0 Å². The number of halogens is 3. The highest BCUT2D eigenvalue weighted by atomic mass is 19.4.